The third-order valence-electron chi connectivity index (χ3n) is 3.69. The Morgan fingerprint density at radius 2 is 1.76 bits per heavy atom. The second kappa shape index (κ2) is 9.42. The van der Waals surface area contributed by atoms with Crippen LogP contribution in [-0.4, -0.2) is 37.2 Å². The zero-order valence-corrected chi connectivity index (χ0v) is 14.0. The van der Waals surface area contributed by atoms with Gasteiger partial charge in [-0.15, -0.1) is 12.3 Å². The first-order valence-electron chi connectivity index (χ1n) is 8.22. The summed E-state index contributed by atoms with van der Waals surface area (Å²) in [5, 5.41) is 13.4. The molecule has 0 saturated heterocycles. The van der Waals surface area contributed by atoms with Crippen LogP contribution in [0.25, 0.3) is 0 Å². The van der Waals surface area contributed by atoms with E-state index in [0.29, 0.717) is 44.5 Å². The maximum absolute atomic E-state index is 11.8. The van der Waals surface area contributed by atoms with Gasteiger partial charge in [-0.25, -0.2) is 0 Å². The molecule has 2 rings (SSSR count). The largest absolute Gasteiger partial charge is 0.484 e. The third kappa shape index (κ3) is 7.04. The molecule has 132 valence electrons. The lowest BCUT2D eigenvalue weighted by Crippen LogP contribution is -2.37. The summed E-state index contributed by atoms with van der Waals surface area (Å²) >= 11 is 0. The van der Waals surface area contributed by atoms with E-state index in [1.807, 2.05) is 18.2 Å². The van der Waals surface area contributed by atoms with Crippen LogP contribution < -0.4 is 15.4 Å². The Hall–Kier alpha value is -2.88. The first kappa shape index (κ1) is 18.5. The second-order valence-corrected chi connectivity index (χ2v) is 5.69. The van der Waals surface area contributed by atoms with Gasteiger partial charge in [0.2, 0.25) is 5.91 Å². The molecule has 0 fully saturated rings. The van der Waals surface area contributed by atoms with Crippen molar-refractivity contribution in [2.75, 3.05) is 19.7 Å². The molecule has 7 heteroatoms. The first-order valence-corrected chi connectivity index (χ1v) is 8.22. The topological polar surface area (TPSA) is 92.2 Å². The Bertz CT molecular complexity index is 646. The molecule has 0 aromatic heterocycles. The zero-order valence-electron chi connectivity index (χ0n) is 14.0. The highest BCUT2D eigenvalue weighted by Crippen LogP contribution is 2.37. The molecule has 2 amide bonds. The highest BCUT2D eigenvalue weighted by molar-refractivity contribution is 5.78. The van der Waals surface area contributed by atoms with Crippen LogP contribution in [0.3, 0.4) is 0 Å². The van der Waals surface area contributed by atoms with E-state index < -0.39 is 5.66 Å². The van der Waals surface area contributed by atoms with Crippen LogP contribution in [0.5, 0.6) is 5.75 Å². The van der Waals surface area contributed by atoms with E-state index in [0.717, 1.165) is 0 Å². The van der Waals surface area contributed by atoms with Crippen LogP contribution in [-0.2, 0) is 9.59 Å². The van der Waals surface area contributed by atoms with Crippen LogP contribution in [0.1, 0.15) is 25.7 Å². The van der Waals surface area contributed by atoms with Gasteiger partial charge in [0.1, 0.15) is 5.75 Å². The van der Waals surface area contributed by atoms with Crippen molar-refractivity contribution in [3.8, 4) is 18.1 Å². The predicted octanol–water partition coefficient (Wildman–Crippen LogP) is 1.65. The molecule has 1 aromatic carbocycles. The second-order valence-electron chi connectivity index (χ2n) is 5.69. The number of carbonyl (C=O) groups is 2. The van der Waals surface area contributed by atoms with Gasteiger partial charge in [-0.2, -0.15) is 10.2 Å². The highest BCUT2D eigenvalue weighted by Gasteiger charge is 2.39. The van der Waals surface area contributed by atoms with Crippen molar-refractivity contribution in [1.82, 2.24) is 10.6 Å². The third-order valence-corrected chi connectivity index (χ3v) is 3.69. The molecule has 0 saturated carbocycles. The molecule has 0 radical (unpaired) electrons. The molecule has 0 spiro atoms. The smallest absolute Gasteiger partial charge is 0.258 e. The van der Waals surface area contributed by atoms with E-state index in [1.54, 1.807) is 12.1 Å². The van der Waals surface area contributed by atoms with Crippen molar-refractivity contribution in [3.63, 3.8) is 0 Å². The Balaban J connectivity index is 1.50. The standard InChI is InChI=1S/C18H22N4O3/c1-2-3-10-18(21-22-18)11-9-16(23)19-12-13-20-17(24)14-25-15-7-5-4-6-8-15/h1,4-8H,3,9-14H2,(H,19,23)(H,20,24). The lowest BCUT2D eigenvalue weighted by Gasteiger charge is -2.10. The van der Waals surface area contributed by atoms with E-state index in [1.165, 1.54) is 0 Å². The molecule has 7 nitrogen and oxygen atoms in total. The maximum atomic E-state index is 11.8. The van der Waals surface area contributed by atoms with E-state index in [2.05, 4.69) is 26.8 Å². The summed E-state index contributed by atoms with van der Waals surface area (Å²) in [6.07, 6.45) is 7.42. The number of benzene rings is 1. The number of para-hydroxylation sites is 1. The fourth-order valence-corrected chi connectivity index (χ4v) is 2.19. The normalized spacial score (nSPS) is 13.6. The van der Waals surface area contributed by atoms with Gasteiger partial charge in [-0.05, 0) is 12.1 Å². The number of rotatable bonds is 11. The zero-order chi connectivity index (χ0) is 18.0. The van der Waals surface area contributed by atoms with Crippen molar-refractivity contribution in [2.24, 2.45) is 10.2 Å². The summed E-state index contributed by atoms with van der Waals surface area (Å²) in [6, 6.07) is 9.10. The van der Waals surface area contributed by atoms with Gasteiger partial charge in [0, 0.05) is 38.8 Å². The van der Waals surface area contributed by atoms with E-state index in [9.17, 15) is 9.59 Å². The van der Waals surface area contributed by atoms with E-state index in [4.69, 9.17) is 11.2 Å². The van der Waals surface area contributed by atoms with Crippen molar-refractivity contribution in [1.29, 1.82) is 0 Å². The molecule has 1 aliphatic rings. The Kier molecular flexibility index (Phi) is 6.96. The van der Waals surface area contributed by atoms with Gasteiger partial charge >= 0.3 is 0 Å². The lowest BCUT2D eigenvalue weighted by atomic mass is 10.0. The summed E-state index contributed by atoms with van der Waals surface area (Å²) in [7, 11) is 0. The van der Waals surface area contributed by atoms with Crippen LogP contribution in [0.4, 0.5) is 0 Å². The molecule has 25 heavy (non-hydrogen) atoms. The summed E-state index contributed by atoms with van der Waals surface area (Å²) < 4.78 is 5.33. The van der Waals surface area contributed by atoms with Crippen LogP contribution in [0.2, 0.25) is 0 Å². The predicted molar refractivity (Wildman–Crippen MR) is 92.8 cm³/mol. The van der Waals surface area contributed by atoms with Crippen molar-refractivity contribution >= 4 is 11.8 Å². The minimum Gasteiger partial charge on any atom is -0.484 e. The van der Waals surface area contributed by atoms with Crippen LogP contribution in [0.15, 0.2) is 40.6 Å². The number of nitrogens with zero attached hydrogens (tertiary/aromatic N) is 2. The summed E-state index contributed by atoms with van der Waals surface area (Å²) in [4.78, 5) is 23.4. The molecular weight excluding hydrogens is 320 g/mol. The molecule has 2 N–H and O–H groups in total. The van der Waals surface area contributed by atoms with Gasteiger partial charge in [0.15, 0.2) is 12.3 Å². The fraction of sp³-hybridized carbons (Fsp3) is 0.444. The minimum atomic E-state index is -0.438. The highest BCUT2D eigenvalue weighted by atomic mass is 16.5. The lowest BCUT2D eigenvalue weighted by molar-refractivity contribution is -0.124. The number of hydrogen-bond donors (Lipinski definition) is 2. The van der Waals surface area contributed by atoms with Gasteiger partial charge < -0.3 is 15.4 Å². The first-order chi connectivity index (χ1) is 12.1. The molecule has 0 aliphatic carbocycles. The summed E-state index contributed by atoms with van der Waals surface area (Å²) in [5.41, 5.74) is -0.438. The number of hydrogen-bond acceptors (Lipinski definition) is 5. The number of carbonyl (C=O) groups excluding carboxylic acids is 2. The fourth-order valence-electron chi connectivity index (χ4n) is 2.19. The Morgan fingerprint density at radius 3 is 2.40 bits per heavy atom. The van der Waals surface area contributed by atoms with Crippen LogP contribution in [0, 0.1) is 12.3 Å². The van der Waals surface area contributed by atoms with Crippen LogP contribution >= 0.6 is 0 Å². The average Bonchev–Trinajstić information content (AvgIpc) is 3.41. The molecule has 0 bridgehead atoms. The molecule has 0 unspecified atom stereocenters. The minimum absolute atomic E-state index is 0.0569. The van der Waals surface area contributed by atoms with Crippen molar-refractivity contribution < 1.29 is 14.3 Å². The molecule has 0 atom stereocenters. The molecule has 1 heterocycles. The summed E-state index contributed by atoms with van der Waals surface area (Å²) in [6.45, 7) is 0.653. The number of amides is 2. The Morgan fingerprint density at radius 1 is 1.08 bits per heavy atom. The molecular formula is C18H22N4O3. The molecule has 1 aromatic rings. The Labute approximate surface area is 147 Å². The number of nitrogens with one attached hydrogen (secondary N) is 2. The van der Waals surface area contributed by atoms with E-state index >= 15 is 0 Å². The van der Waals surface area contributed by atoms with Gasteiger partial charge in [0.05, 0.1) is 0 Å². The quantitative estimate of drug-likeness (QED) is 0.473. The van der Waals surface area contributed by atoms with Gasteiger partial charge in [0.25, 0.3) is 5.91 Å². The van der Waals surface area contributed by atoms with Gasteiger partial charge in [-0.3, -0.25) is 9.59 Å². The maximum Gasteiger partial charge on any atom is 0.258 e. The van der Waals surface area contributed by atoms with Crippen molar-refractivity contribution in [3.05, 3.63) is 30.3 Å². The van der Waals surface area contributed by atoms with Gasteiger partial charge in [-0.1, -0.05) is 18.2 Å². The molecule has 1 aliphatic heterocycles. The SMILES string of the molecule is C#CCCC1(CCC(=O)NCCNC(=O)COc2ccccc2)N=N1. The number of terminal acetylenes is 1. The average molecular weight is 342 g/mol. The summed E-state index contributed by atoms with van der Waals surface area (Å²) in [5.74, 6) is 2.87. The van der Waals surface area contributed by atoms with E-state index in [-0.39, 0.29) is 18.4 Å². The number of ether oxygens (including phenoxy) is 1. The monoisotopic (exact) mass is 342 g/mol. The van der Waals surface area contributed by atoms with Crippen molar-refractivity contribution in [2.45, 2.75) is 31.3 Å².